The second-order valence-corrected chi connectivity index (χ2v) is 4.63. The number of carbonyl (C=O) groups excluding carboxylic acids is 2. The Labute approximate surface area is 113 Å². The highest BCUT2D eigenvalue weighted by atomic mass is 32.1. The van der Waals surface area contributed by atoms with Crippen LogP contribution in [0.4, 0.5) is 5.13 Å². The van der Waals surface area contributed by atoms with Gasteiger partial charge in [-0.15, -0.1) is 11.3 Å². The number of ether oxygens (including phenoxy) is 1. The van der Waals surface area contributed by atoms with E-state index < -0.39 is 0 Å². The minimum absolute atomic E-state index is 0.0897. The van der Waals surface area contributed by atoms with E-state index in [0.717, 1.165) is 0 Å². The molecular weight excluding hydrogens is 268 g/mol. The summed E-state index contributed by atoms with van der Waals surface area (Å²) in [5, 5.41) is 4.75. The first kappa shape index (κ1) is 13.2. The number of imidazole rings is 1. The number of aryl methyl sites for hydroxylation is 1. The topological polar surface area (TPSA) is 86.1 Å². The van der Waals surface area contributed by atoms with Crippen molar-refractivity contribution in [2.45, 2.75) is 6.42 Å². The lowest BCUT2D eigenvalue weighted by Crippen LogP contribution is -2.12. The molecule has 0 radical (unpaired) electrons. The first-order valence-corrected chi connectivity index (χ1v) is 6.27. The highest BCUT2D eigenvalue weighted by Crippen LogP contribution is 2.16. The fraction of sp³-hybridized carbons (Fsp3) is 0.273. The van der Waals surface area contributed by atoms with E-state index >= 15 is 0 Å². The Morgan fingerprint density at radius 2 is 2.32 bits per heavy atom. The van der Waals surface area contributed by atoms with Crippen LogP contribution in [-0.2, 0) is 23.0 Å². The summed E-state index contributed by atoms with van der Waals surface area (Å²) in [6, 6.07) is 0. The maximum Gasteiger partial charge on any atom is 0.311 e. The van der Waals surface area contributed by atoms with E-state index in [2.05, 4.69) is 20.0 Å². The molecule has 0 aliphatic heterocycles. The van der Waals surface area contributed by atoms with Crippen LogP contribution in [0.1, 0.15) is 16.2 Å². The van der Waals surface area contributed by atoms with Crippen molar-refractivity contribution < 1.29 is 14.3 Å². The van der Waals surface area contributed by atoms with E-state index in [1.54, 1.807) is 29.5 Å². The number of hydrogen-bond donors (Lipinski definition) is 1. The number of aromatic nitrogens is 3. The van der Waals surface area contributed by atoms with Gasteiger partial charge in [0.15, 0.2) is 5.13 Å². The third kappa shape index (κ3) is 3.38. The number of methoxy groups -OCH3 is 1. The van der Waals surface area contributed by atoms with E-state index in [1.165, 1.54) is 18.4 Å². The number of thiazole rings is 1. The minimum atomic E-state index is -0.368. The van der Waals surface area contributed by atoms with Gasteiger partial charge in [-0.2, -0.15) is 0 Å². The predicted octanol–water partition coefficient (Wildman–Crippen LogP) is 0.844. The molecule has 19 heavy (non-hydrogen) atoms. The Hall–Kier alpha value is -2.22. The number of anilines is 1. The molecule has 7 nitrogen and oxygen atoms in total. The van der Waals surface area contributed by atoms with Gasteiger partial charge in [-0.05, 0) is 0 Å². The molecule has 0 aromatic carbocycles. The Morgan fingerprint density at radius 1 is 1.53 bits per heavy atom. The molecule has 0 aliphatic carbocycles. The first-order valence-electron chi connectivity index (χ1n) is 5.39. The molecule has 0 aliphatic rings. The fourth-order valence-corrected chi connectivity index (χ4v) is 2.06. The highest BCUT2D eigenvalue weighted by molar-refractivity contribution is 7.14. The summed E-state index contributed by atoms with van der Waals surface area (Å²) < 4.78 is 6.22. The Bertz CT molecular complexity index is 605. The lowest BCUT2D eigenvalue weighted by Gasteiger charge is -1.97. The van der Waals surface area contributed by atoms with Crippen molar-refractivity contribution in [1.29, 1.82) is 0 Å². The molecule has 0 unspecified atom stereocenters. The van der Waals surface area contributed by atoms with Crippen molar-refractivity contribution >= 4 is 28.3 Å². The Balaban J connectivity index is 2.00. The fourth-order valence-electron chi connectivity index (χ4n) is 1.36. The zero-order valence-corrected chi connectivity index (χ0v) is 11.2. The van der Waals surface area contributed by atoms with Crippen LogP contribution in [0.3, 0.4) is 0 Å². The van der Waals surface area contributed by atoms with E-state index in [9.17, 15) is 9.59 Å². The predicted molar refractivity (Wildman–Crippen MR) is 69.0 cm³/mol. The van der Waals surface area contributed by atoms with E-state index in [4.69, 9.17) is 0 Å². The van der Waals surface area contributed by atoms with Gasteiger partial charge < -0.3 is 9.30 Å². The van der Waals surface area contributed by atoms with Crippen molar-refractivity contribution in [1.82, 2.24) is 14.5 Å². The number of carbonyl (C=O) groups is 2. The number of nitrogens with zero attached hydrogens (tertiary/aromatic N) is 3. The van der Waals surface area contributed by atoms with Gasteiger partial charge in [0.25, 0.3) is 5.91 Å². The van der Waals surface area contributed by atoms with Gasteiger partial charge in [0.1, 0.15) is 5.69 Å². The molecule has 1 amide bonds. The zero-order valence-electron chi connectivity index (χ0n) is 10.4. The standard InChI is InChI=1S/C11H12N4O3S/c1-15-4-8(12-6-15)10(17)14-11-13-7(5-19-11)3-9(16)18-2/h4-6H,3H2,1-2H3,(H,13,14,17). The average molecular weight is 280 g/mol. The minimum Gasteiger partial charge on any atom is -0.469 e. The lowest BCUT2D eigenvalue weighted by molar-refractivity contribution is -0.139. The van der Waals surface area contributed by atoms with Gasteiger partial charge in [-0.1, -0.05) is 0 Å². The second kappa shape index (κ2) is 5.61. The van der Waals surface area contributed by atoms with Crippen LogP contribution < -0.4 is 5.32 Å². The molecule has 2 aromatic heterocycles. The second-order valence-electron chi connectivity index (χ2n) is 3.78. The molecule has 100 valence electrons. The summed E-state index contributed by atoms with van der Waals surface area (Å²) in [5.41, 5.74) is 0.875. The molecule has 8 heteroatoms. The molecule has 0 atom stereocenters. The first-order chi connectivity index (χ1) is 9.08. The molecule has 2 aromatic rings. The van der Waals surface area contributed by atoms with Crippen LogP contribution in [0.25, 0.3) is 0 Å². The molecule has 0 saturated carbocycles. The smallest absolute Gasteiger partial charge is 0.311 e. The summed E-state index contributed by atoms with van der Waals surface area (Å²) in [5.74, 6) is -0.701. The third-order valence-electron chi connectivity index (χ3n) is 2.26. The van der Waals surface area contributed by atoms with E-state index in [1.807, 2.05) is 0 Å². The van der Waals surface area contributed by atoms with Gasteiger partial charge >= 0.3 is 5.97 Å². The summed E-state index contributed by atoms with van der Waals surface area (Å²) in [6.45, 7) is 0. The Kier molecular flexibility index (Phi) is 3.91. The van der Waals surface area contributed by atoms with Crippen LogP contribution in [-0.4, -0.2) is 33.5 Å². The maximum atomic E-state index is 11.8. The summed E-state index contributed by atoms with van der Waals surface area (Å²) >= 11 is 1.25. The quantitative estimate of drug-likeness (QED) is 0.839. The largest absolute Gasteiger partial charge is 0.469 e. The summed E-state index contributed by atoms with van der Waals surface area (Å²) in [6.07, 6.45) is 3.24. The van der Waals surface area contributed by atoms with Crippen LogP contribution in [0.2, 0.25) is 0 Å². The van der Waals surface area contributed by atoms with Gasteiger partial charge in [0.05, 0.1) is 25.6 Å². The van der Waals surface area contributed by atoms with Gasteiger partial charge in [-0.3, -0.25) is 14.9 Å². The third-order valence-corrected chi connectivity index (χ3v) is 3.07. The van der Waals surface area contributed by atoms with E-state index in [0.29, 0.717) is 16.5 Å². The number of hydrogen-bond acceptors (Lipinski definition) is 6. The highest BCUT2D eigenvalue weighted by Gasteiger charge is 2.12. The SMILES string of the molecule is COC(=O)Cc1csc(NC(=O)c2cn(C)cn2)n1. The van der Waals surface area contributed by atoms with Crippen molar-refractivity contribution in [3.05, 3.63) is 29.3 Å². The van der Waals surface area contributed by atoms with Crippen LogP contribution >= 0.6 is 11.3 Å². The molecule has 0 spiro atoms. The maximum absolute atomic E-state index is 11.8. The van der Waals surface area contributed by atoms with Crippen LogP contribution in [0.5, 0.6) is 0 Å². The average Bonchev–Trinajstić information content (AvgIpc) is 2.98. The number of rotatable bonds is 4. The molecule has 0 saturated heterocycles. The van der Waals surface area contributed by atoms with Crippen LogP contribution in [0, 0.1) is 0 Å². The van der Waals surface area contributed by atoms with E-state index in [-0.39, 0.29) is 18.3 Å². The van der Waals surface area contributed by atoms with Gasteiger partial charge in [0.2, 0.25) is 0 Å². The molecule has 2 rings (SSSR count). The van der Waals surface area contributed by atoms with Crippen molar-refractivity contribution in [3.63, 3.8) is 0 Å². The number of amides is 1. The molecule has 0 fully saturated rings. The zero-order chi connectivity index (χ0) is 13.8. The van der Waals surface area contributed by atoms with Gasteiger partial charge in [0, 0.05) is 18.6 Å². The van der Waals surface area contributed by atoms with Crippen molar-refractivity contribution in [3.8, 4) is 0 Å². The monoisotopic (exact) mass is 280 g/mol. The molecule has 0 bridgehead atoms. The molecule has 2 heterocycles. The van der Waals surface area contributed by atoms with Crippen molar-refractivity contribution in [2.24, 2.45) is 7.05 Å². The summed E-state index contributed by atoms with van der Waals surface area (Å²) in [4.78, 5) is 30.9. The Morgan fingerprint density at radius 3 is 2.95 bits per heavy atom. The lowest BCUT2D eigenvalue weighted by atomic mass is 10.3. The number of esters is 1. The molecular formula is C11H12N4O3S. The number of nitrogens with one attached hydrogen (secondary N) is 1. The summed E-state index contributed by atoms with van der Waals surface area (Å²) in [7, 11) is 3.10. The van der Waals surface area contributed by atoms with Crippen molar-refractivity contribution in [2.75, 3.05) is 12.4 Å². The van der Waals surface area contributed by atoms with Gasteiger partial charge in [-0.25, -0.2) is 9.97 Å². The molecule has 1 N–H and O–H groups in total. The normalized spacial score (nSPS) is 10.2. The van der Waals surface area contributed by atoms with Crippen LogP contribution in [0.15, 0.2) is 17.9 Å².